The molecule has 0 unspecified atom stereocenters. The third-order valence-corrected chi connectivity index (χ3v) is 4.00. The third-order valence-electron chi connectivity index (χ3n) is 3.68. The molecule has 0 aliphatic carbocycles. The van der Waals surface area contributed by atoms with Crippen molar-refractivity contribution in [3.8, 4) is 11.5 Å². The average molecular weight is 379 g/mol. The van der Waals surface area contributed by atoms with Crippen LogP contribution < -0.4 is 9.47 Å². The zero-order valence-corrected chi connectivity index (χ0v) is 15.4. The van der Waals surface area contributed by atoms with Crippen LogP contribution in [0.3, 0.4) is 0 Å². The lowest BCUT2D eigenvalue weighted by atomic mass is 10.1. The van der Waals surface area contributed by atoms with E-state index in [2.05, 4.69) is 0 Å². The molecule has 0 spiro atoms. The highest BCUT2D eigenvalue weighted by Gasteiger charge is 2.19. The Balaban J connectivity index is 2.19. The Morgan fingerprint density at radius 2 is 1.96 bits per heavy atom. The fourth-order valence-electron chi connectivity index (χ4n) is 2.44. The van der Waals surface area contributed by atoms with Crippen LogP contribution in [0.15, 0.2) is 36.4 Å². The van der Waals surface area contributed by atoms with E-state index in [1.807, 2.05) is 13.0 Å². The molecule has 8 heteroatoms. The number of ether oxygens (including phenoxy) is 2. The lowest BCUT2D eigenvalue weighted by molar-refractivity contribution is -0.384. The number of nitro benzene ring substituents is 1. The minimum atomic E-state index is -0.615. The van der Waals surface area contributed by atoms with Gasteiger partial charge in [0.15, 0.2) is 11.5 Å². The van der Waals surface area contributed by atoms with E-state index in [-0.39, 0.29) is 22.2 Å². The summed E-state index contributed by atoms with van der Waals surface area (Å²) >= 11 is 5.79. The Kier molecular flexibility index (Phi) is 6.41. The molecule has 0 N–H and O–H groups in total. The Morgan fingerprint density at radius 3 is 2.58 bits per heavy atom. The van der Waals surface area contributed by atoms with Gasteiger partial charge in [0.2, 0.25) is 0 Å². The molecule has 2 aromatic carbocycles. The normalized spacial score (nSPS) is 10.3. The number of hydrogen-bond donors (Lipinski definition) is 0. The molecule has 0 bridgehead atoms. The summed E-state index contributed by atoms with van der Waals surface area (Å²) in [4.78, 5) is 24.4. The maximum absolute atomic E-state index is 12.6. The van der Waals surface area contributed by atoms with Crippen molar-refractivity contribution in [2.75, 3.05) is 20.8 Å². The van der Waals surface area contributed by atoms with Gasteiger partial charge in [-0.1, -0.05) is 17.7 Å². The molecular weight excluding hydrogens is 360 g/mol. The van der Waals surface area contributed by atoms with E-state index in [0.29, 0.717) is 24.7 Å². The van der Waals surface area contributed by atoms with Crippen molar-refractivity contribution in [2.24, 2.45) is 0 Å². The molecule has 0 radical (unpaired) electrons. The summed E-state index contributed by atoms with van der Waals surface area (Å²) in [6, 6.07) is 9.40. The largest absolute Gasteiger partial charge is 0.493 e. The topological polar surface area (TPSA) is 81.9 Å². The quantitative estimate of drug-likeness (QED) is 0.538. The highest BCUT2D eigenvalue weighted by Crippen LogP contribution is 2.29. The smallest absolute Gasteiger partial charge is 0.288 e. The first-order valence-corrected chi connectivity index (χ1v) is 8.24. The SMILES string of the molecule is CCOc1ccc(CN(C)C(=O)c2ccc(Cl)c([N+](=O)[O-])c2)cc1OC. The van der Waals surface area contributed by atoms with E-state index in [1.54, 1.807) is 26.3 Å². The number of carbonyl (C=O) groups is 1. The summed E-state index contributed by atoms with van der Waals surface area (Å²) in [6.45, 7) is 2.70. The summed E-state index contributed by atoms with van der Waals surface area (Å²) in [5.74, 6) is 0.853. The standard InChI is InChI=1S/C18H19ClN2O5/c1-4-26-16-8-5-12(9-17(16)25-3)11-20(2)18(22)13-6-7-14(19)15(10-13)21(23)24/h5-10H,4,11H2,1-3H3. The molecule has 7 nitrogen and oxygen atoms in total. The number of carbonyl (C=O) groups excluding carboxylic acids is 1. The van der Waals surface area contributed by atoms with Crippen LogP contribution in [0.2, 0.25) is 5.02 Å². The second-order valence-corrected chi connectivity index (χ2v) is 5.91. The number of methoxy groups -OCH3 is 1. The maximum Gasteiger partial charge on any atom is 0.288 e. The van der Waals surface area contributed by atoms with Crippen molar-refractivity contribution in [3.05, 3.63) is 62.7 Å². The highest BCUT2D eigenvalue weighted by atomic mass is 35.5. The number of nitrogens with zero attached hydrogens (tertiary/aromatic N) is 2. The van der Waals surface area contributed by atoms with Crippen molar-refractivity contribution in [3.63, 3.8) is 0 Å². The fraction of sp³-hybridized carbons (Fsp3) is 0.278. The minimum absolute atomic E-state index is 0.00884. The van der Waals surface area contributed by atoms with Crippen molar-refractivity contribution >= 4 is 23.2 Å². The first-order valence-electron chi connectivity index (χ1n) is 7.86. The summed E-state index contributed by atoms with van der Waals surface area (Å²) in [5, 5.41) is 11.0. The molecule has 26 heavy (non-hydrogen) atoms. The van der Waals surface area contributed by atoms with E-state index in [9.17, 15) is 14.9 Å². The van der Waals surface area contributed by atoms with Gasteiger partial charge in [-0.2, -0.15) is 0 Å². The first kappa shape index (κ1) is 19.5. The van der Waals surface area contributed by atoms with Gasteiger partial charge < -0.3 is 14.4 Å². The van der Waals surface area contributed by atoms with Crippen LogP contribution in [-0.4, -0.2) is 36.5 Å². The number of benzene rings is 2. The zero-order chi connectivity index (χ0) is 19.3. The molecule has 0 aromatic heterocycles. The molecule has 2 rings (SSSR count). The van der Waals surface area contributed by atoms with E-state index in [1.165, 1.54) is 23.1 Å². The number of halogens is 1. The molecule has 138 valence electrons. The number of nitro groups is 1. The lowest BCUT2D eigenvalue weighted by Gasteiger charge is -2.18. The minimum Gasteiger partial charge on any atom is -0.493 e. The van der Waals surface area contributed by atoms with Crippen LogP contribution >= 0.6 is 11.6 Å². The Labute approximate surface area is 156 Å². The molecular formula is C18H19ClN2O5. The molecule has 0 aliphatic heterocycles. The van der Waals surface area contributed by atoms with Gasteiger partial charge in [-0.05, 0) is 36.8 Å². The van der Waals surface area contributed by atoms with Crippen LogP contribution in [0.1, 0.15) is 22.8 Å². The van der Waals surface area contributed by atoms with Gasteiger partial charge >= 0.3 is 0 Å². The van der Waals surface area contributed by atoms with Crippen LogP contribution in [0, 0.1) is 10.1 Å². The predicted octanol–water partition coefficient (Wildman–Crippen LogP) is 3.93. The second-order valence-electron chi connectivity index (χ2n) is 5.50. The summed E-state index contributed by atoms with van der Waals surface area (Å²) in [5.41, 5.74) is 0.736. The average Bonchev–Trinajstić information content (AvgIpc) is 2.62. The number of amides is 1. The number of rotatable bonds is 7. The molecule has 0 heterocycles. The van der Waals surface area contributed by atoms with E-state index in [0.717, 1.165) is 5.56 Å². The van der Waals surface area contributed by atoms with Crippen molar-refractivity contribution in [2.45, 2.75) is 13.5 Å². The van der Waals surface area contributed by atoms with Gasteiger partial charge in [0.05, 0.1) is 18.6 Å². The molecule has 0 saturated carbocycles. The summed E-state index contributed by atoms with van der Waals surface area (Å²) < 4.78 is 10.8. The monoisotopic (exact) mass is 378 g/mol. The number of hydrogen-bond acceptors (Lipinski definition) is 5. The summed E-state index contributed by atoms with van der Waals surface area (Å²) in [6.07, 6.45) is 0. The maximum atomic E-state index is 12.6. The van der Waals surface area contributed by atoms with Crippen LogP contribution in [-0.2, 0) is 6.54 Å². The van der Waals surface area contributed by atoms with E-state index >= 15 is 0 Å². The van der Waals surface area contributed by atoms with Crippen molar-refractivity contribution in [1.82, 2.24) is 4.90 Å². The van der Waals surface area contributed by atoms with Gasteiger partial charge in [0.25, 0.3) is 11.6 Å². The third kappa shape index (κ3) is 4.43. The molecule has 1 amide bonds. The van der Waals surface area contributed by atoms with E-state index in [4.69, 9.17) is 21.1 Å². The van der Waals surface area contributed by atoms with Gasteiger partial charge in [-0.25, -0.2) is 0 Å². The Morgan fingerprint density at radius 1 is 1.23 bits per heavy atom. The molecule has 0 atom stereocenters. The van der Waals surface area contributed by atoms with Crippen LogP contribution in [0.5, 0.6) is 11.5 Å². The zero-order valence-electron chi connectivity index (χ0n) is 14.7. The second kappa shape index (κ2) is 8.53. The molecule has 0 fully saturated rings. The van der Waals surface area contributed by atoms with Crippen molar-refractivity contribution in [1.29, 1.82) is 0 Å². The molecule has 2 aromatic rings. The van der Waals surface area contributed by atoms with Crippen molar-refractivity contribution < 1.29 is 19.2 Å². The molecule has 0 saturated heterocycles. The van der Waals surface area contributed by atoms with Gasteiger partial charge in [-0.15, -0.1) is 0 Å². The van der Waals surface area contributed by atoms with E-state index < -0.39 is 4.92 Å². The highest BCUT2D eigenvalue weighted by molar-refractivity contribution is 6.32. The Hall–Kier alpha value is -2.80. The Bertz CT molecular complexity index is 825. The summed E-state index contributed by atoms with van der Waals surface area (Å²) in [7, 11) is 3.16. The first-order chi connectivity index (χ1) is 12.4. The van der Waals surface area contributed by atoms with Gasteiger partial charge in [-0.3, -0.25) is 14.9 Å². The van der Waals surface area contributed by atoms with Crippen LogP contribution in [0.4, 0.5) is 5.69 Å². The van der Waals surface area contributed by atoms with Gasteiger partial charge in [0, 0.05) is 25.2 Å². The fourth-order valence-corrected chi connectivity index (χ4v) is 2.62. The lowest BCUT2D eigenvalue weighted by Crippen LogP contribution is -2.26. The molecule has 0 aliphatic rings. The van der Waals surface area contributed by atoms with Crippen LogP contribution in [0.25, 0.3) is 0 Å². The predicted molar refractivity (Wildman–Crippen MR) is 98.1 cm³/mol. The van der Waals surface area contributed by atoms with Gasteiger partial charge in [0.1, 0.15) is 5.02 Å².